The van der Waals surface area contributed by atoms with Crippen molar-refractivity contribution in [3.05, 3.63) is 45.6 Å². The number of aromatic amines is 1. The second kappa shape index (κ2) is 8.06. The van der Waals surface area contributed by atoms with Crippen LogP contribution in [0.25, 0.3) is 0 Å². The van der Waals surface area contributed by atoms with Gasteiger partial charge in [0.15, 0.2) is 0 Å². The van der Waals surface area contributed by atoms with Gasteiger partial charge in [-0.2, -0.15) is 0 Å². The molecule has 0 aliphatic carbocycles. The lowest BCUT2D eigenvalue weighted by Gasteiger charge is -2.24. The van der Waals surface area contributed by atoms with Crippen LogP contribution in [0.4, 0.5) is 5.95 Å². The van der Waals surface area contributed by atoms with E-state index in [0.717, 1.165) is 36.6 Å². The fourth-order valence-corrected chi connectivity index (χ4v) is 3.42. The third-order valence-electron chi connectivity index (χ3n) is 4.95. The zero-order valence-corrected chi connectivity index (χ0v) is 16.4. The molecule has 0 bridgehead atoms. The van der Waals surface area contributed by atoms with Gasteiger partial charge < -0.3 is 10.0 Å². The molecule has 1 aliphatic heterocycles. The Morgan fingerprint density at radius 2 is 2.07 bits per heavy atom. The molecule has 1 aliphatic rings. The molecule has 0 saturated carbocycles. The molecule has 0 aromatic carbocycles. The van der Waals surface area contributed by atoms with Gasteiger partial charge in [0, 0.05) is 58.1 Å². The standard InChI is InChI=1S/C19H28N6O2/c1-13-5-6-17(26)16(20-13)12-25-8-7-15(11-25)24(4)10-14-9-18(27)22-19(21-14)23(2)3/h5-6,9,15,26H,7-8,10-12H2,1-4H3,(H,21,22,27). The third-order valence-corrected chi connectivity index (χ3v) is 4.95. The minimum atomic E-state index is -0.133. The minimum Gasteiger partial charge on any atom is -0.506 e. The maximum atomic E-state index is 11.9. The lowest BCUT2D eigenvalue weighted by atomic mass is 10.2. The van der Waals surface area contributed by atoms with E-state index in [9.17, 15) is 9.90 Å². The Morgan fingerprint density at radius 3 is 2.81 bits per heavy atom. The number of aromatic nitrogens is 3. The fourth-order valence-electron chi connectivity index (χ4n) is 3.42. The Labute approximate surface area is 159 Å². The van der Waals surface area contributed by atoms with Crippen molar-refractivity contribution in [2.24, 2.45) is 0 Å². The number of likely N-dealkylation sites (tertiary alicyclic amines) is 1. The predicted molar refractivity (Wildman–Crippen MR) is 105 cm³/mol. The van der Waals surface area contributed by atoms with Crippen molar-refractivity contribution in [2.45, 2.75) is 32.5 Å². The molecular weight excluding hydrogens is 344 g/mol. The third kappa shape index (κ3) is 4.84. The van der Waals surface area contributed by atoms with Crippen molar-refractivity contribution < 1.29 is 5.11 Å². The Kier molecular flexibility index (Phi) is 5.76. The van der Waals surface area contributed by atoms with Crippen LogP contribution < -0.4 is 10.5 Å². The van der Waals surface area contributed by atoms with Crippen molar-refractivity contribution in [3.8, 4) is 5.75 Å². The highest BCUT2D eigenvalue weighted by Crippen LogP contribution is 2.22. The maximum absolute atomic E-state index is 11.9. The molecule has 1 saturated heterocycles. The molecule has 3 heterocycles. The summed E-state index contributed by atoms with van der Waals surface area (Å²) in [6.45, 7) is 5.05. The lowest BCUT2D eigenvalue weighted by molar-refractivity contribution is 0.219. The van der Waals surface area contributed by atoms with E-state index in [4.69, 9.17) is 0 Å². The number of likely N-dealkylation sites (N-methyl/N-ethyl adjacent to an activating group) is 1. The van der Waals surface area contributed by atoms with Crippen molar-refractivity contribution in [1.82, 2.24) is 24.8 Å². The van der Waals surface area contributed by atoms with E-state index < -0.39 is 0 Å². The van der Waals surface area contributed by atoms with Crippen LogP contribution in [0.3, 0.4) is 0 Å². The van der Waals surface area contributed by atoms with Gasteiger partial charge in [0.05, 0.1) is 11.4 Å². The fraction of sp³-hybridized carbons (Fsp3) is 0.526. The first-order valence-corrected chi connectivity index (χ1v) is 9.17. The number of anilines is 1. The van der Waals surface area contributed by atoms with E-state index in [1.807, 2.05) is 27.1 Å². The van der Waals surface area contributed by atoms with Gasteiger partial charge in [-0.1, -0.05) is 0 Å². The van der Waals surface area contributed by atoms with Gasteiger partial charge in [0.1, 0.15) is 5.75 Å². The molecule has 1 unspecified atom stereocenters. The zero-order valence-electron chi connectivity index (χ0n) is 16.4. The zero-order chi connectivity index (χ0) is 19.6. The summed E-state index contributed by atoms with van der Waals surface area (Å²) in [5.41, 5.74) is 2.27. The number of hydrogen-bond acceptors (Lipinski definition) is 7. The average molecular weight is 372 g/mol. The number of aromatic hydroxyl groups is 1. The molecule has 2 aromatic heterocycles. The monoisotopic (exact) mass is 372 g/mol. The van der Waals surface area contributed by atoms with Crippen molar-refractivity contribution in [2.75, 3.05) is 39.1 Å². The van der Waals surface area contributed by atoms with E-state index in [2.05, 4.69) is 31.8 Å². The quantitative estimate of drug-likeness (QED) is 0.780. The molecule has 8 nitrogen and oxygen atoms in total. The molecular formula is C19H28N6O2. The number of rotatable bonds is 6. The second-order valence-electron chi connectivity index (χ2n) is 7.47. The van der Waals surface area contributed by atoms with E-state index >= 15 is 0 Å². The number of hydrogen-bond donors (Lipinski definition) is 2. The van der Waals surface area contributed by atoms with Crippen LogP contribution in [0, 0.1) is 6.92 Å². The van der Waals surface area contributed by atoms with Crippen LogP contribution in [0.1, 0.15) is 23.5 Å². The van der Waals surface area contributed by atoms with Crippen molar-refractivity contribution in [1.29, 1.82) is 0 Å². The molecule has 0 amide bonds. The molecule has 2 aromatic rings. The highest BCUT2D eigenvalue weighted by Gasteiger charge is 2.27. The summed E-state index contributed by atoms with van der Waals surface area (Å²) in [6, 6.07) is 5.46. The summed E-state index contributed by atoms with van der Waals surface area (Å²) < 4.78 is 0. The number of nitrogens with zero attached hydrogens (tertiary/aromatic N) is 5. The smallest absolute Gasteiger partial charge is 0.252 e. The van der Waals surface area contributed by atoms with E-state index in [1.165, 1.54) is 0 Å². The van der Waals surface area contributed by atoms with Gasteiger partial charge in [0.25, 0.3) is 5.56 Å². The number of aryl methyl sites for hydroxylation is 1. The van der Waals surface area contributed by atoms with Crippen molar-refractivity contribution in [3.63, 3.8) is 0 Å². The average Bonchev–Trinajstić information content (AvgIpc) is 3.06. The van der Waals surface area contributed by atoms with E-state index in [0.29, 0.717) is 25.1 Å². The van der Waals surface area contributed by atoms with Gasteiger partial charge in [-0.05, 0) is 32.5 Å². The summed E-state index contributed by atoms with van der Waals surface area (Å²) in [5, 5.41) is 10.0. The summed E-state index contributed by atoms with van der Waals surface area (Å²) >= 11 is 0. The molecule has 1 fully saturated rings. The summed E-state index contributed by atoms with van der Waals surface area (Å²) in [4.78, 5) is 29.9. The van der Waals surface area contributed by atoms with Gasteiger partial charge >= 0.3 is 0 Å². The predicted octanol–water partition coefficient (Wildman–Crippen LogP) is 0.951. The summed E-state index contributed by atoms with van der Waals surface area (Å²) in [6.07, 6.45) is 1.03. The van der Waals surface area contributed by atoms with Crippen LogP contribution in [-0.2, 0) is 13.1 Å². The van der Waals surface area contributed by atoms with Gasteiger partial charge in [0.2, 0.25) is 5.95 Å². The first-order valence-electron chi connectivity index (χ1n) is 9.17. The Hall–Kier alpha value is -2.45. The first kappa shape index (κ1) is 19.3. The molecule has 3 rings (SSSR count). The Balaban J connectivity index is 1.61. The summed E-state index contributed by atoms with van der Waals surface area (Å²) in [5.74, 6) is 0.821. The van der Waals surface area contributed by atoms with Crippen LogP contribution in [0.2, 0.25) is 0 Å². The van der Waals surface area contributed by atoms with Gasteiger partial charge in [-0.15, -0.1) is 0 Å². The highest BCUT2D eigenvalue weighted by molar-refractivity contribution is 5.28. The highest BCUT2D eigenvalue weighted by atomic mass is 16.3. The van der Waals surface area contributed by atoms with Gasteiger partial charge in [-0.3, -0.25) is 24.6 Å². The van der Waals surface area contributed by atoms with Crippen LogP contribution >= 0.6 is 0 Å². The molecule has 2 N–H and O–H groups in total. The second-order valence-corrected chi connectivity index (χ2v) is 7.47. The molecule has 0 spiro atoms. The number of H-pyrrole nitrogens is 1. The number of pyridine rings is 1. The van der Waals surface area contributed by atoms with Crippen LogP contribution in [0.5, 0.6) is 5.75 Å². The molecule has 0 radical (unpaired) electrons. The Bertz CT molecular complexity index is 850. The van der Waals surface area contributed by atoms with Crippen LogP contribution in [0.15, 0.2) is 23.0 Å². The van der Waals surface area contributed by atoms with Crippen LogP contribution in [-0.4, -0.2) is 70.1 Å². The largest absolute Gasteiger partial charge is 0.506 e. The molecule has 146 valence electrons. The minimum absolute atomic E-state index is 0.133. The van der Waals surface area contributed by atoms with Crippen molar-refractivity contribution >= 4 is 5.95 Å². The lowest BCUT2D eigenvalue weighted by Crippen LogP contribution is -2.34. The topological polar surface area (TPSA) is 88.6 Å². The Morgan fingerprint density at radius 1 is 1.30 bits per heavy atom. The van der Waals surface area contributed by atoms with E-state index in [-0.39, 0.29) is 11.3 Å². The van der Waals surface area contributed by atoms with Gasteiger partial charge in [-0.25, -0.2) is 4.98 Å². The normalized spacial score (nSPS) is 17.6. The summed E-state index contributed by atoms with van der Waals surface area (Å²) in [7, 11) is 5.78. The van der Waals surface area contributed by atoms with E-state index in [1.54, 1.807) is 17.0 Å². The SMILES string of the molecule is Cc1ccc(O)c(CN2CCC(N(C)Cc3cc(=O)[nH]c(N(C)C)n3)C2)n1. The molecule has 8 heteroatoms. The molecule has 1 atom stereocenters. The number of nitrogens with one attached hydrogen (secondary N) is 1. The maximum Gasteiger partial charge on any atom is 0.252 e. The first-order chi connectivity index (χ1) is 12.8. The molecule has 27 heavy (non-hydrogen) atoms.